The van der Waals surface area contributed by atoms with Gasteiger partial charge >= 0.3 is 6.09 Å². The average Bonchev–Trinajstić information content (AvgIpc) is 2.79. The molecule has 1 fully saturated rings. The molecule has 1 amide bonds. The number of hydrogen-bond acceptors (Lipinski definition) is 5. The lowest BCUT2D eigenvalue weighted by atomic mass is 10.1. The van der Waals surface area contributed by atoms with Gasteiger partial charge in [0.05, 0.1) is 23.3 Å². The minimum atomic E-state index is -3.59. The molecule has 1 aromatic rings. The first-order valence-corrected chi connectivity index (χ1v) is 10.1. The predicted octanol–water partition coefficient (Wildman–Crippen LogP) is 3.36. The molecule has 146 valence electrons. The van der Waals surface area contributed by atoms with Crippen LogP contribution in [0.2, 0.25) is 0 Å². The molecular formula is C18H26FNO5S. The molecule has 1 saturated heterocycles. The number of sulfone groups is 1. The molecule has 1 heterocycles. The first-order chi connectivity index (χ1) is 11.8. The zero-order chi connectivity index (χ0) is 19.8. The summed E-state index contributed by atoms with van der Waals surface area (Å²) in [6, 6.07) is 4.29. The number of ether oxygens (including phenoxy) is 2. The van der Waals surface area contributed by atoms with Gasteiger partial charge in [0.25, 0.3) is 0 Å². The van der Waals surface area contributed by atoms with Gasteiger partial charge in [-0.25, -0.2) is 17.6 Å². The van der Waals surface area contributed by atoms with Crippen molar-refractivity contribution in [3.8, 4) is 0 Å². The van der Waals surface area contributed by atoms with Gasteiger partial charge < -0.3 is 9.47 Å². The Kier molecular flexibility index (Phi) is 5.68. The number of hydrogen-bond donors (Lipinski definition) is 0. The van der Waals surface area contributed by atoms with E-state index in [-0.39, 0.29) is 23.7 Å². The van der Waals surface area contributed by atoms with Crippen LogP contribution in [0.15, 0.2) is 29.2 Å². The molecule has 0 aromatic heterocycles. The van der Waals surface area contributed by atoms with E-state index < -0.39 is 39.1 Å². The fourth-order valence-corrected chi connectivity index (χ4v) is 4.20. The van der Waals surface area contributed by atoms with Gasteiger partial charge in [0.2, 0.25) is 0 Å². The lowest BCUT2D eigenvalue weighted by Gasteiger charge is -2.35. The Hall–Kier alpha value is -1.67. The highest BCUT2D eigenvalue weighted by molar-refractivity contribution is 7.91. The molecule has 0 bridgehead atoms. The first kappa shape index (κ1) is 20.6. The second-order valence-corrected chi connectivity index (χ2v) is 9.93. The van der Waals surface area contributed by atoms with Gasteiger partial charge in [-0.05, 0) is 65.3 Å². The molecule has 8 heteroatoms. The van der Waals surface area contributed by atoms with E-state index >= 15 is 0 Å². The van der Waals surface area contributed by atoms with Gasteiger partial charge in [-0.15, -0.1) is 0 Å². The van der Waals surface area contributed by atoms with Crippen LogP contribution >= 0.6 is 0 Å². The molecular weight excluding hydrogens is 361 g/mol. The van der Waals surface area contributed by atoms with Crippen LogP contribution in [0.25, 0.3) is 0 Å². The van der Waals surface area contributed by atoms with E-state index in [9.17, 15) is 17.6 Å². The van der Waals surface area contributed by atoms with E-state index in [1.165, 1.54) is 17.0 Å². The monoisotopic (exact) mass is 387 g/mol. The van der Waals surface area contributed by atoms with Crippen LogP contribution in [-0.2, 0) is 19.3 Å². The molecule has 26 heavy (non-hydrogen) atoms. The highest BCUT2D eigenvalue weighted by Gasteiger charge is 2.45. The maximum atomic E-state index is 13.0. The van der Waals surface area contributed by atoms with Gasteiger partial charge in [-0.1, -0.05) is 0 Å². The number of carbonyl (C=O) groups is 1. The fourth-order valence-electron chi connectivity index (χ4n) is 2.83. The minimum Gasteiger partial charge on any atom is -0.444 e. The highest BCUT2D eigenvalue weighted by atomic mass is 32.2. The van der Waals surface area contributed by atoms with Crippen LogP contribution < -0.4 is 0 Å². The molecule has 1 aliphatic heterocycles. The van der Waals surface area contributed by atoms with Gasteiger partial charge in [0, 0.05) is 0 Å². The number of amides is 1. The van der Waals surface area contributed by atoms with Crippen molar-refractivity contribution in [3.05, 3.63) is 30.1 Å². The van der Waals surface area contributed by atoms with Crippen molar-refractivity contribution in [1.29, 1.82) is 0 Å². The van der Waals surface area contributed by atoms with E-state index in [0.29, 0.717) is 0 Å². The second kappa shape index (κ2) is 7.15. The third kappa shape index (κ3) is 4.94. The third-order valence-electron chi connectivity index (χ3n) is 4.06. The second-order valence-electron chi connectivity index (χ2n) is 7.82. The number of rotatable bonds is 4. The SMILES string of the molecule is CC(C)(C)OC(=O)N1[C@@H](CCS(=O)(=O)c2ccc(F)cc2)COC1(C)C. The summed E-state index contributed by atoms with van der Waals surface area (Å²) in [7, 11) is -3.59. The van der Waals surface area contributed by atoms with Crippen molar-refractivity contribution in [2.24, 2.45) is 0 Å². The zero-order valence-corrected chi connectivity index (χ0v) is 16.6. The Balaban J connectivity index is 2.12. The Morgan fingerprint density at radius 1 is 1.31 bits per heavy atom. The van der Waals surface area contributed by atoms with Crippen LogP contribution in [0.4, 0.5) is 9.18 Å². The Labute approximate surface area is 154 Å². The van der Waals surface area contributed by atoms with E-state index in [0.717, 1.165) is 12.1 Å². The lowest BCUT2D eigenvalue weighted by molar-refractivity contribution is -0.0625. The summed E-state index contributed by atoms with van der Waals surface area (Å²) in [6.07, 6.45) is -0.341. The summed E-state index contributed by atoms with van der Waals surface area (Å²) in [4.78, 5) is 14.1. The summed E-state index contributed by atoms with van der Waals surface area (Å²) >= 11 is 0. The topological polar surface area (TPSA) is 72.9 Å². The summed E-state index contributed by atoms with van der Waals surface area (Å²) in [5, 5.41) is 0. The van der Waals surface area contributed by atoms with E-state index in [4.69, 9.17) is 9.47 Å². The molecule has 6 nitrogen and oxygen atoms in total. The van der Waals surface area contributed by atoms with Crippen LogP contribution in [0, 0.1) is 5.82 Å². The van der Waals surface area contributed by atoms with Crippen LogP contribution in [-0.4, -0.2) is 49.1 Å². The molecule has 0 saturated carbocycles. The van der Waals surface area contributed by atoms with E-state index in [1.54, 1.807) is 34.6 Å². The molecule has 0 N–H and O–H groups in total. The minimum absolute atomic E-state index is 0.0564. The highest BCUT2D eigenvalue weighted by Crippen LogP contribution is 2.31. The summed E-state index contributed by atoms with van der Waals surface area (Å²) in [6.45, 7) is 9.01. The van der Waals surface area contributed by atoms with Crippen molar-refractivity contribution >= 4 is 15.9 Å². The summed E-state index contributed by atoms with van der Waals surface area (Å²) in [5.74, 6) is -0.673. The van der Waals surface area contributed by atoms with Crippen LogP contribution in [0.3, 0.4) is 0 Å². The van der Waals surface area contributed by atoms with E-state index in [1.807, 2.05) is 0 Å². The maximum Gasteiger partial charge on any atom is 0.412 e. The molecule has 2 rings (SSSR count). The molecule has 0 unspecified atom stereocenters. The first-order valence-electron chi connectivity index (χ1n) is 8.46. The summed E-state index contributed by atoms with van der Waals surface area (Å²) in [5.41, 5.74) is -1.55. The summed E-state index contributed by atoms with van der Waals surface area (Å²) < 4.78 is 49.0. The number of halogens is 1. The largest absolute Gasteiger partial charge is 0.444 e. The molecule has 0 spiro atoms. The Morgan fingerprint density at radius 3 is 2.42 bits per heavy atom. The van der Waals surface area contributed by atoms with E-state index in [2.05, 4.69) is 0 Å². The van der Waals surface area contributed by atoms with Crippen molar-refractivity contribution in [3.63, 3.8) is 0 Å². The van der Waals surface area contributed by atoms with Crippen molar-refractivity contribution in [2.45, 2.75) is 63.3 Å². The predicted molar refractivity (Wildman–Crippen MR) is 95.0 cm³/mol. The smallest absolute Gasteiger partial charge is 0.412 e. The standard InChI is InChI=1S/C18H26FNO5S/c1-17(2,3)25-16(21)20-14(12-24-18(20,4)5)10-11-26(22,23)15-8-6-13(19)7-9-15/h6-9,14H,10-12H2,1-5H3/t14-/m0/s1. The van der Waals surface area contributed by atoms with Crippen molar-refractivity contribution < 1.29 is 27.1 Å². The lowest BCUT2D eigenvalue weighted by Crippen LogP contribution is -2.50. The quantitative estimate of drug-likeness (QED) is 0.741. The van der Waals surface area contributed by atoms with Gasteiger partial charge in [-0.2, -0.15) is 0 Å². The van der Waals surface area contributed by atoms with Gasteiger partial charge in [0.1, 0.15) is 17.1 Å². The van der Waals surface area contributed by atoms with Crippen molar-refractivity contribution in [2.75, 3.05) is 12.4 Å². The Bertz CT molecular complexity index is 753. The molecule has 1 atom stereocenters. The normalized spacial score (nSPS) is 20.2. The van der Waals surface area contributed by atoms with Gasteiger partial charge in [-0.3, -0.25) is 4.90 Å². The van der Waals surface area contributed by atoms with Crippen LogP contribution in [0.1, 0.15) is 41.0 Å². The third-order valence-corrected chi connectivity index (χ3v) is 5.82. The molecule has 0 radical (unpaired) electrons. The molecule has 1 aromatic carbocycles. The number of carbonyl (C=O) groups excluding carboxylic acids is 1. The Morgan fingerprint density at radius 2 is 1.88 bits per heavy atom. The maximum absolute atomic E-state index is 13.0. The zero-order valence-electron chi connectivity index (χ0n) is 15.8. The molecule has 0 aliphatic carbocycles. The van der Waals surface area contributed by atoms with Crippen molar-refractivity contribution in [1.82, 2.24) is 4.90 Å². The molecule has 1 aliphatic rings. The van der Waals surface area contributed by atoms with Gasteiger partial charge in [0.15, 0.2) is 9.84 Å². The van der Waals surface area contributed by atoms with Crippen LogP contribution in [0.5, 0.6) is 0 Å². The fraction of sp³-hybridized carbons (Fsp3) is 0.611. The number of benzene rings is 1. The average molecular weight is 387 g/mol. The number of nitrogens with zero attached hydrogens (tertiary/aromatic N) is 1.